The van der Waals surface area contributed by atoms with Crippen LogP contribution >= 0.6 is 0 Å². The summed E-state index contributed by atoms with van der Waals surface area (Å²) in [5.74, 6) is -0.677. The van der Waals surface area contributed by atoms with E-state index < -0.39 is 17.8 Å². The fourth-order valence-electron chi connectivity index (χ4n) is 3.35. The molecule has 0 aromatic heterocycles. The molecule has 1 heterocycles. The van der Waals surface area contributed by atoms with Gasteiger partial charge >= 0.3 is 0 Å². The Hall–Kier alpha value is -3.41. The second-order valence-corrected chi connectivity index (χ2v) is 6.36. The monoisotopic (exact) mass is 380 g/mol. The lowest BCUT2D eigenvalue weighted by molar-refractivity contribution is 0.0993. The maximum atomic E-state index is 14.2. The smallest absolute Gasteiger partial charge is 0.260 e. The van der Waals surface area contributed by atoms with E-state index in [1.807, 2.05) is 13.0 Å². The molecule has 1 atom stereocenters. The zero-order chi connectivity index (χ0) is 19.7. The van der Waals surface area contributed by atoms with Gasteiger partial charge in [-0.3, -0.25) is 9.69 Å². The van der Waals surface area contributed by atoms with Crippen LogP contribution in [0.15, 0.2) is 66.7 Å². The van der Waals surface area contributed by atoms with E-state index in [2.05, 4.69) is 5.32 Å². The van der Waals surface area contributed by atoms with Crippen molar-refractivity contribution in [1.29, 1.82) is 0 Å². The molecule has 4 rings (SSSR count). The maximum Gasteiger partial charge on any atom is 0.260 e. The minimum atomic E-state index is -0.669. The summed E-state index contributed by atoms with van der Waals surface area (Å²) in [6.07, 6.45) is -0.669. The molecule has 1 aliphatic heterocycles. The Bertz CT molecular complexity index is 1020. The zero-order valence-electron chi connectivity index (χ0n) is 15.2. The number of nitrogens with one attached hydrogen (secondary N) is 1. The number of benzene rings is 3. The van der Waals surface area contributed by atoms with Gasteiger partial charge in [0.15, 0.2) is 0 Å². The summed E-state index contributed by atoms with van der Waals surface area (Å²) in [7, 11) is 0. The average molecular weight is 380 g/mol. The van der Waals surface area contributed by atoms with Crippen LogP contribution in [0.25, 0.3) is 0 Å². The number of rotatable bonds is 5. The first-order valence-corrected chi connectivity index (χ1v) is 8.95. The van der Waals surface area contributed by atoms with Gasteiger partial charge in [0, 0.05) is 22.9 Å². The van der Waals surface area contributed by atoms with Gasteiger partial charge in [0.2, 0.25) is 0 Å². The molecule has 142 valence electrons. The summed E-state index contributed by atoms with van der Waals surface area (Å²) in [5.41, 5.74) is 1.83. The maximum absolute atomic E-state index is 14.2. The molecule has 4 nitrogen and oxygen atoms in total. The standard InChI is InChI=1S/C22H18F2N2O2/c1-2-28-16-10-8-15(9-11-16)26-21(17-5-3-4-6-18(17)22(26)27)25-20-13-14(23)7-12-19(20)24/h3-13,21,25H,2H2,1H3/t21-/m1/s1. The Morgan fingerprint density at radius 3 is 2.54 bits per heavy atom. The predicted octanol–water partition coefficient (Wildman–Crippen LogP) is 5.13. The van der Waals surface area contributed by atoms with Crippen molar-refractivity contribution in [2.45, 2.75) is 13.1 Å². The van der Waals surface area contributed by atoms with Gasteiger partial charge in [0.1, 0.15) is 23.5 Å². The molecule has 0 saturated heterocycles. The van der Waals surface area contributed by atoms with Gasteiger partial charge in [-0.05, 0) is 49.4 Å². The molecule has 1 amide bonds. The van der Waals surface area contributed by atoms with Crippen molar-refractivity contribution >= 4 is 17.3 Å². The van der Waals surface area contributed by atoms with E-state index >= 15 is 0 Å². The van der Waals surface area contributed by atoms with E-state index in [0.29, 0.717) is 29.2 Å². The third-order valence-electron chi connectivity index (χ3n) is 4.61. The Morgan fingerprint density at radius 1 is 1.04 bits per heavy atom. The number of hydrogen-bond acceptors (Lipinski definition) is 3. The first-order chi connectivity index (χ1) is 13.6. The van der Waals surface area contributed by atoms with E-state index in [1.54, 1.807) is 42.5 Å². The van der Waals surface area contributed by atoms with Crippen LogP contribution in [0.4, 0.5) is 20.2 Å². The molecular formula is C22H18F2N2O2. The number of fused-ring (bicyclic) bond motifs is 1. The van der Waals surface area contributed by atoms with Crippen molar-refractivity contribution in [3.05, 3.63) is 89.5 Å². The van der Waals surface area contributed by atoms with Gasteiger partial charge in [-0.2, -0.15) is 0 Å². The third kappa shape index (κ3) is 3.17. The fourth-order valence-corrected chi connectivity index (χ4v) is 3.35. The molecule has 28 heavy (non-hydrogen) atoms. The number of hydrogen-bond donors (Lipinski definition) is 1. The normalized spacial score (nSPS) is 15.5. The third-order valence-corrected chi connectivity index (χ3v) is 4.61. The number of carbonyl (C=O) groups is 1. The molecule has 0 unspecified atom stereocenters. The van der Waals surface area contributed by atoms with Crippen molar-refractivity contribution in [3.63, 3.8) is 0 Å². The largest absolute Gasteiger partial charge is 0.494 e. The van der Waals surface area contributed by atoms with Crippen LogP contribution in [0, 0.1) is 11.6 Å². The number of amides is 1. The Kier molecular flexibility index (Phi) is 4.69. The van der Waals surface area contributed by atoms with Crippen LogP contribution in [-0.2, 0) is 0 Å². The van der Waals surface area contributed by atoms with Gasteiger partial charge in [0.05, 0.1) is 12.3 Å². The Morgan fingerprint density at radius 2 is 1.79 bits per heavy atom. The van der Waals surface area contributed by atoms with E-state index in [1.165, 1.54) is 4.90 Å². The van der Waals surface area contributed by atoms with E-state index in [9.17, 15) is 13.6 Å². The molecule has 0 saturated carbocycles. The van der Waals surface area contributed by atoms with Crippen molar-refractivity contribution in [1.82, 2.24) is 0 Å². The Labute approximate surface area is 161 Å². The first-order valence-electron chi connectivity index (χ1n) is 8.95. The van der Waals surface area contributed by atoms with Crippen LogP contribution in [0.5, 0.6) is 5.75 Å². The second-order valence-electron chi connectivity index (χ2n) is 6.36. The molecule has 1 aliphatic rings. The molecule has 3 aromatic carbocycles. The van der Waals surface area contributed by atoms with Crippen LogP contribution in [-0.4, -0.2) is 12.5 Å². The SMILES string of the molecule is CCOc1ccc(N2C(=O)c3ccccc3[C@@H]2Nc2cc(F)ccc2F)cc1. The van der Waals surface area contributed by atoms with Crippen LogP contribution in [0.1, 0.15) is 29.0 Å². The number of halogens is 2. The van der Waals surface area contributed by atoms with E-state index in [0.717, 1.165) is 18.2 Å². The summed E-state index contributed by atoms with van der Waals surface area (Å²) < 4.78 is 33.3. The van der Waals surface area contributed by atoms with Crippen LogP contribution < -0.4 is 15.0 Å². The van der Waals surface area contributed by atoms with E-state index in [4.69, 9.17) is 4.74 Å². The number of carbonyl (C=O) groups excluding carboxylic acids is 1. The fraction of sp³-hybridized carbons (Fsp3) is 0.136. The molecular weight excluding hydrogens is 362 g/mol. The highest BCUT2D eigenvalue weighted by molar-refractivity contribution is 6.11. The number of anilines is 2. The highest BCUT2D eigenvalue weighted by Crippen LogP contribution is 2.38. The highest BCUT2D eigenvalue weighted by atomic mass is 19.1. The first kappa shape index (κ1) is 18.0. The van der Waals surface area contributed by atoms with Gasteiger partial charge in [0.25, 0.3) is 5.91 Å². The van der Waals surface area contributed by atoms with Crippen LogP contribution in [0.2, 0.25) is 0 Å². The summed E-state index contributed by atoms with van der Waals surface area (Å²) in [4.78, 5) is 14.6. The van der Waals surface area contributed by atoms with Gasteiger partial charge in [-0.25, -0.2) is 8.78 Å². The lowest BCUT2D eigenvalue weighted by atomic mass is 10.1. The molecule has 0 aliphatic carbocycles. The molecule has 6 heteroatoms. The highest BCUT2D eigenvalue weighted by Gasteiger charge is 2.37. The lowest BCUT2D eigenvalue weighted by Crippen LogP contribution is -2.32. The quantitative estimate of drug-likeness (QED) is 0.667. The second kappa shape index (κ2) is 7.31. The molecule has 0 spiro atoms. The van der Waals surface area contributed by atoms with E-state index in [-0.39, 0.29) is 11.6 Å². The van der Waals surface area contributed by atoms with Crippen LogP contribution in [0.3, 0.4) is 0 Å². The lowest BCUT2D eigenvalue weighted by Gasteiger charge is -2.27. The Balaban J connectivity index is 1.75. The molecule has 0 radical (unpaired) electrons. The summed E-state index contributed by atoms with van der Waals surface area (Å²) in [5, 5.41) is 2.98. The summed E-state index contributed by atoms with van der Waals surface area (Å²) >= 11 is 0. The van der Waals surface area contributed by atoms with Crippen molar-refractivity contribution < 1.29 is 18.3 Å². The van der Waals surface area contributed by atoms with Gasteiger partial charge in [-0.1, -0.05) is 18.2 Å². The van der Waals surface area contributed by atoms with Crippen molar-refractivity contribution in [3.8, 4) is 5.75 Å². The summed E-state index contributed by atoms with van der Waals surface area (Å²) in [6, 6.07) is 17.4. The number of nitrogens with zero attached hydrogens (tertiary/aromatic N) is 1. The molecule has 1 N–H and O–H groups in total. The van der Waals surface area contributed by atoms with Gasteiger partial charge in [-0.15, -0.1) is 0 Å². The molecule has 0 bridgehead atoms. The zero-order valence-corrected chi connectivity index (χ0v) is 15.2. The minimum Gasteiger partial charge on any atom is -0.494 e. The topological polar surface area (TPSA) is 41.6 Å². The minimum absolute atomic E-state index is 0.00885. The van der Waals surface area contributed by atoms with Gasteiger partial charge < -0.3 is 10.1 Å². The molecule has 0 fully saturated rings. The average Bonchev–Trinajstić information content (AvgIpc) is 2.98. The predicted molar refractivity (Wildman–Crippen MR) is 104 cm³/mol. The molecule has 3 aromatic rings. The summed E-state index contributed by atoms with van der Waals surface area (Å²) in [6.45, 7) is 2.43. The van der Waals surface area contributed by atoms with Crippen molar-refractivity contribution in [2.24, 2.45) is 0 Å². The number of ether oxygens (including phenoxy) is 1. The van der Waals surface area contributed by atoms with Crippen molar-refractivity contribution in [2.75, 3.05) is 16.8 Å².